The average Bonchev–Trinajstić information content (AvgIpc) is 2.03. The van der Waals surface area contributed by atoms with Gasteiger partial charge in [0.05, 0.1) is 0 Å². The Morgan fingerprint density at radius 3 is 2.18 bits per heavy atom. The highest BCUT2D eigenvalue weighted by molar-refractivity contribution is 5.82. The van der Waals surface area contributed by atoms with Gasteiger partial charge in [-0.25, -0.2) is 0 Å². The molecular formula is C6H14N2O3. The Kier molecular flexibility index (Phi) is 5.50. The molecule has 5 heteroatoms. The first-order chi connectivity index (χ1) is 5.26. The topological polar surface area (TPSA) is 77.1 Å². The zero-order valence-electron chi connectivity index (χ0n) is 6.78. The summed E-state index contributed by atoms with van der Waals surface area (Å²) in [6, 6.07) is 0. The molecule has 11 heavy (non-hydrogen) atoms. The van der Waals surface area contributed by atoms with Crippen molar-refractivity contribution >= 4 is 5.84 Å². The van der Waals surface area contributed by atoms with Crippen LogP contribution in [0.4, 0.5) is 0 Å². The van der Waals surface area contributed by atoms with Crippen LogP contribution in [0.5, 0.6) is 0 Å². The third-order valence-corrected chi connectivity index (χ3v) is 0.993. The standard InChI is InChI=1S/C6H14N2O3/c1-3-10-6(11-4-2)5(7)8-9/h6,9H,3-4H2,1-2H3,(H2,7,8). The number of hydrogen-bond acceptors (Lipinski definition) is 4. The van der Waals surface area contributed by atoms with Gasteiger partial charge in [-0.05, 0) is 13.8 Å². The molecule has 3 N–H and O–H groups in total. The summed E-state index contributed by atoms with van der Waals surface area (Å²) >= 11 is 0. The van der Waals surface area contributed by atoms with E-state index >= 15 is 0 Å². The predicted molar refractivity (Wildman–Crippen MR) is 40.4 cm³/mol. The van der Waals surface area contributed by atoms with Crippen molar-refractivity contribution in [3.8, 4) is 0 Å². The summed E-state index contributed by atoms with van der Waals surface area (Å²) in [5.41, 5.74) is 5.24. The third-order valence-electron chi connectivity index (χ3n) is 0.993. The molecule has 0 saturated heterocycles. The lowest BCUT2D eigenvalue weighted by Gasteiger charge is -2.14. The van der Waals surface area contributed by atoms with Gasteiger partial charge in [0.15, 0.2) is 5.84 Å². The number of oxime groups is 1. The van der Waals surface area contributed by atoms with Gasteiger partial charge < -0.3 is 20.4 Å². The minimum absolute atomic E-state index is 0.0614. The molecule has 0 rings (SSSR count). The van der Waals surface area contributed by atoms with Crippen LogP contribution in [0.15, 0.2) is 5.16 Å². The van der Waals surface area contributed by atoms with E-state index in [0.29, 0.717) is 13.2 Å². The van der Waals surface area contributed by atoms with Crippen molar-refractivity contribution in [3.63, 3.8) is 0 Å². The van der Waals surface area contributed by atoms with Gasteiger partial charge in [-0.1, -0.05) is 5.16 Å². The molecule has 0 aromatic rings. The second-order valence-corrected chi connectivity index (χ2v) is 1.77. The molecule has 0 aliphatic rings. The summed E-state index contributed by atoms with van der Waals surface area (Å²) < 4.78 is 9.99. The molecule has 0 saturated carbocycles. The molecule has 0 radical (unpaired) electrons. The lowest BCUT2D eigenvalue weighted by Crippen LogP contribution is -2.34. The van der Waals surface area contributed by atoms with E-state index in [1.54, 1.807) is 13.8 Å². The fourth-order valence-corrected chi connectivity index (χ4v) is 0.569. The molecular weight excluding hydrogens is 148 g/mol. The van der Waals surface area contributed by atoms with Gasteiger partial charge in [-0.2, -0.15) is 0 Å². The smallest absolute Gasteiger partial charge is 0.220 e. The molecule has 0 atom stereocenters. The molecule has 0 heterocycles. The molecule has 0 aromatic carbocycles. The van der Waals surface area contributed by atoms with E-state index in [0.717, 1.165) is 0 Å². The monoisotopic (exact) mass is 162 g/mol. The first-order valence-electron chi connectivity index (χ1n) is 3.46. The SMILES string of the molecule is CCOC(OCC)C(N)=NO. The van der Waals surface area contributed by atoms with Crippen LogP contribution in [0.25, 0.3) is 0 Å². The van der Waals surface area contributed by atoms with E-state index in [2.05, 4.69) is 5.16 Å². The molecule has 0 spiro atoms. The molecule has 66 valence electrons. The van der Waals surface area contributed by atoms with Crippen molar-refractivity contribution in [2.45, 2.75) is 20.1 Å². The van der Waals surface area contributed by atoms with Gasteiger partial charge in [-0.15, -0.1) is 0 Å². The van der Waals surface area contributed by atoms with Gasteiger partial charge in [0.1, 0.15) is 0 Å². The van der Waals surface area contributed by atoms with Crippen LogP contribution in [0.3, 0.4) is 0 Å². The highest BCUT2D eigenvalue weighted by Crippen LogP contribution is 1.94. The zero-order valence-corrected chi connectivity index (χ0v) is 6.78. The Morgan fingerprint density at radius 1 is 1.45 bits per heavy atom. The van der Waals surface area contributed by atoms with E-state index in [1.807, 2.05) is 0 Å². The van der Waals surface area contributed by atoms with Crippen molar-refractivity contribution in [1.29, 1.82) is 0 Å². The van der Waals surface area contributed by atoms with E-state index in [4.69, 9.17) is 20.4 Å². The number of rotatable bonds is 5. The van der Waals surface area contributed by atoms with Crippen molar-refractivity contribution in [2.24, 2.45) is 10.9 Å². The van der Waals surface area contributed by atoms with Gasteiger partial charge in [0.25, 0.3) is 0 Å². The highest BCUT2D eigenvalue weighted by atomic mass is 16.7. The number of nitrogens with two attached hydrogens (primary N) is 1. The molecule has 5 nitrogen and oxygen atoms in total. The van der Waals surface area contributed by atoms with Crippen LogP contribution in [-0.2, 0) is 9.47 Å². The Bertz CT molecular complexity index is 121. The summed E-state index contributed by atoms with van der Waals surface area (Å²) in [4.78, 5) is 0. The van der Waals surface area contributed by atoms with Crippen LogP contribution in [0, 0.1) is 0 Å². The Hall–Kier alpha value is -0.810. The van der Waals surface area contributed by atoms with Crippen LogP contribution in [-0.4, -0.2) is 30.5 Å². The van der Waals surface area contributed by atoms with Crippen LogP contribution in [0.1, 0.15) is 13.8 Å². The van der Waals surface area contributed by atoms with Crippen molar-refractivity contribution in [2.75, 3.05) is 13.2 Å². The Labute approximate surface area is 65.8 Å². The first kappa shape index (κ1) is 10.2. The maximum atomic E-state index is 8.26. The quantitative estimate of drug-likeness (QED) is 0.198. The van der Waals surface area contributed by atoms with E-state index in [9.17, 15) is 0 Å². The van der Waals surface area contributed by atoms with Crippen LogP contribution >= 0.6 is 0 Å². The summed E-state index contributed by atoms with van der Waals surface area (Å²) in [6.07, 6.45) is -0.727. The van der Waals surface area contributed by atoms with Crippen molar-refractivity contribution in [3.05, 3.63) is 0 Å². The van der Waals surface area contributed by atoms with Gasteiger partial charge >= 0.3 is 0 Å². The summed E-state index contributed by atoms with van der Waals surface area (Å²) in [6.45, 7) is 4.52. The molecule has 0 aliphatic heterocycles. The summed E-state index contributed by atoms with van der Waals surface area (Å²) in [5, 5.41) is 11.0. The predicted octanol–water partition coefficient (Wildman–Crippen LogP) is 0.132. The molecule has 0 amide bonds. The lowest BCUT2D eigenvalue weighted by molar-refractivity contribution is -0.0918. The van der Waals surface area contributed by atoms with Crippen LogP contribution in [0.2, 0.25) is 0 Å². The molecule has 0 unspecified atom stereocenters. The maximum Gasteiger partial charge on any atom is 0.220 e. The summed E-state index contributed by atoms with van der Waals surface area (Å²) in [5.74, 6) is -0.0614. The second-order valence-electron chi connectivity index (χ2n) is 1.77. The fourth-order valence-electron chi connectivity index (χ4n) is 0.569. The molecule has 0 aromatic heterocycles. The highest BCUT2D eigenvalue weighted by Gasteiger charge is 2.12. The van der Waals surface area contributed by atoms with E-state index < -0.39 is 6.29 Å². The normalized spacial score (nSPS) is 12.5. The third kappa shape index (κ3) is 3.79. The second kappa shape index (κ2) is 5.94. The minimum atomic E-state index is -0.727. The van der Waals surface area contributed by atoms with Crippen molar-refractivity contribution < 1.29 is 14.7 Å². The maximum absolute atomic E-state index is 8.26. The molecule has 0 bridgehead atoms. The average molecular weight is 162 g/mol. The number of amidine groups is 1. The number of hydrogen-bond donors (Lipinski definition) is 2. The largest absolute Gasteiger partial charge is 0.409 e. The van der Waals surface area contributed by atoms with Crippen molar-refractivity contribution in [1.82, 2.24) is 0 Å². The lowest BCUT2D eigenvalue weighted by atomic mass is 10.6. The van der Waals surface area contributed by atoms with Gasteiger partial charge in [0, 0.05) is 13.2 Å². The van der Waals surface area contributed by atoms with E-state index in [1.165, 1.54) is 0 Å². The minimum Gasteiger partial charge on any atom is -0.409 e. The molecule has 0 aliphatic carbocycles. The molecule has 0 fully saturated rings. The Balaban J connectivity index is 3.87. The Morgan fingerprint density at radius 2 is 1.91 bits per heavy atom. The first-order valence-corrected chi connectivity index (χ1v) is 3.46. The van der Waals surface area contributed by atoms with Gasteiger partial charge in [0.2, 0.25) is 6.29 Å². The fraction of sp³-hybridized carbons (Fsp3) is 0.833. The number of ether oxygens (including phenoxy) is 2. The summed E-state index contributed by atoms with van der Waals surface area (Å²) in [7, 11) is 0. The van der Waals surface area contributed by atoms with Crippen LogP contribution < -0.4 is 5.73 Å². The van der Waals surface area contributed by atoms with E-state index in [-0.39, 0.29) is 5.84 Å². The number of nitrogens with zero attached hydrogens (tertiary/aromatic N) is 1. The van der Waals surface area contributed by atoms with Gasteiger partial charge in [-0.3, -0.25) is 0 Å². The zero-order chi connectivity index (χ0) is 8.69.